The lowest BCUT2D eigenvalue weighted by Crippen LogP contribution is -2.12. The minimum atomic E-state index is -0.606. The van der Waals surface area contributed by atoms with Crippen molar-refractivity contribution in [2.45, 2.75) is 0 Å². The smallest absolute Gasteiger partial charge is 0.331 e. The first-order valence-corrected chi connectivity index (χ1v) is 6.25. The molecule has 0 bridgehead atoms. The zero-order valence-electron chi connectivity index (χ0n) is 11.5. The molecule has 0 aliphatic carbocycles. The van der Waals surface area contributed by atoms with Crippen molar-refractivity contribution in [1.29, 1.82) is 0 Å². The fourth-order valence-electron chi connectivity index (χ4n) is 1.61. The van der Waals surface area contributed by atoms with Crippen LogP contribution in [0, 0.1) is 0 Å². The Morgan fingerprint density at radius 3 is 2.81 bits per heavy atom. The van der Waals surface area contributed by atoms with Gasteiger partial charge in [0.05, 0.1) is 7.11 Å². The van der Waals surface area contributed by atoms with E-state index in [4.69, 9.17) is 14.2 Å². The highest BCUT2D eigenvalue weighted by Crippen LogP contribution is 2.34. The van der Waals surface area contributed by atoms with Gasteiger partial charge in [0.2, 0.25) is 6.79 Å². The van der Waals surface area contributed by atoms with Crippen LogP contribution in [0.1, 0.15) is 0 Å². The molecule has 1 aliphatic rings. The van der Waals surface area contributed by atoms with E-state index < -0.39 is 11.9 Å². The number of rotatable bonds is 6. The lowest BCUT2D eigenvalue weighted by Gasteiger charge is -2.07. The molecule has 0 amide bonds. The van der Waals surface area contributed by atoms with Gasteiger partial charge in [-0.2, -0.15) is 0 Å². The van der Waals surface area contributed by atoms with Gasteiger partial charge in [-0.3, -0.25) is 0 Å². The first-order chi connectivity index (χ1) is 10.2. The number of hydrogen-bond acceptors (Lipinski definition) is 7. The Hall–Kier alpha value is -2.70. The highest BCUT2D eigenvalue weighted by atomic mass is 16.7. The number of esters is 2. The van der Waals surface area contributed by atoms with Crippen molar-refractivity contribution in [3.8, 4) is 11.5 Å². The van der Waals surface area contributed by atoms with E-state index in [1.807, 2.05) is 6.07 Å². The van der Waals surface area contributed by atoms with Crippen LogP contribution in [0.3, 0.4) is 0 Å². The van der Waals surface area contributed by atoms with E-state index in [9.17, 15) is 9.59 Å². The predicted molar refractivity (Wildman–Crippen MR) is 73.2 cm³/mol. The molecule has 0 radical (unpaired) electrons. The van der Waals surface area contributed by atoms with Crippen LogP contribution in [-0.4, -0.2) is 39.0 Å². The topological polar surface area (TPSA) is 83.1 Å². The molecule has 1 aromatic carbocycles. The standard InChI is InChI=1S/C14H15NO6/c1-18-13(16)4-5-14(17)19-7-6-15-10-2-3-11-12(8-10)21-9-20-11/h2-5,8,15H,6-7,9H2,1H3/b5-4+. The van der Waals surface area contributed by atoms with Gasteiger partial charge in [0.1, 0.15) is 6.61 Å². The van der Waals surface area contributed by atoms with Crippen molar-refractivity contribution < 1.29 is 28.5 Å². The average Bonchev–Trinajstić information content (AvgIpc) is 2.96. The zero-order valence-corrected chi connectivity index (χ0v) is 11.5. The first kappa shape index (κ1) is 14.7. The highest BCUT2D eigenvalue weighted by molar-refractivity contribution is 5.91. The second-order valence-electron chi connectivity index (χ2n) is 4.02. The van der Waals surface area contributed by atoms with Gasteiger partial charge in [0.15, 0.2) is 11.5 Å². The van der Waals surface area contributed by atoms with Gasteiger partial charge in [-0.1, -0.05) is 0 Å². The molecule has 0 saturated heterocycles. The molecule has 0 fully saturated rings. The number of methoxy groups -OCH3 is 1. The quantitative estimate of drug-likeness (QED) is 0.477. The Balaban J connectivity index is 1.69. The van der Waals surface area contributed by atoms with E-state index in [-0.39, 0.29) is 13.4 Å². The molecule has 21 heavy (non-hydrogen) atoms. The summed E-state index contributed by atoms with van der Waals surface area (Å²) in [5, 5.41) is 3.08. The van der Waals surface area contributed by atoms with E-state index in [1.54, 1.807) is 12.1 Å². The molecule has 2 rings (SSSR count). The van der Waals surface area contributed by atoms with Gasteiger partial charge in [-0.15, -0.1) is 0 Å². The maximum absolute atomic E-state index is 11.2. The molecule has 1 aromatic rings. The van der Waals surface area contributed by atoms with Crippen molar-refractivity contribution in [3.05, 3.63) is 30.4 Å². The first-order valence-electron chi connectivity index (χ1n) is 6.25. The maximum atomic E-state index is 11.2. The minimum absolute atomic E-state index is 0.165. The fourth-order valence-corrected chi connectivity index (χ4v) is 1.61. The highest BCUT2D eigenvalue weighted by Gasteiger charge is 2.12. The monoisotopic (exact) mass is 293 g/mol. The molecule has 1 aliphatic heterocycles. The number of carbonyl (C=O) groups is 2. The van der Waals surface area contributed by atoms with Gasteiger partial charge in [-0.05, 0) is 12.1 Å². The van der Waals surface area contributed by atoms with Crippen LogP contribution >= 0.6 is 0 Å². The van der Waals surface area contributed by atoms with Gasteiger partial charge in [0.25, 0.3) is 0 Å². The number of carbonyl (C=O) groups excluding carboxylic acids is 2. The summed E-state index contributed by atoms with van der Waals surface area (Å²) in [6.45, 7) is 0.819. The SMILES string of the molecule is COC(=O)/C=C/C(=O)OCCNc1ccc2c(c1)OCO2. The van der Waals surface area contributed by atoms with Crippen LogP contribution in [-0.2, 0) is 19.1 Å². The number of fused-ring (bicyclic) bond motifs is 1. The average molecular weight is 293 g/mol. The molecular formula is C14H15NO6. The Morgan fingerprint density at radius 1 is 1.24 bits per heavy atom. The second kappa shape index (κ2) is 7.18. The van der Waals surface area contributed by atoms with Crippen LogP contribution < -0.4 is 14.8 Å². The predicted octanol–water partition coefficient (Wildman–Crippen LogP) is 1.10. The van der Waals surface area contributed by atoms with E-state index in [0.717, 1.165) is 17.8 Å². The van der Waals surface area contributed by atoms with Gasteiger partial charge in [-0.25, -0.2) is 9.59 Å². The van der Waals surface area contributed by atoms with Gasteiger partial charge >= 0.3 is 11.9 Å². The third-order valence-corrected chi connectivity index (χ3v) is 2.60. The molecule has 0 spiro atoms. The summed E-state index contributed by atoms with van der Waals surface area (Å²) in [6.07, 6.45) is 2.03. The van der Waals surface area contributed by atoms with Crippen LogP contribution in [0.15, 0.2) is 30.4 Å². The maximum Gasteiger partial charge on any atom is 0.331 e. The molecule has 112 valence electrons. The number of anilines is 1. The lowest BCUT2D eigenvalue weighted by molar-refractivity contribution is -0.139. The minimum Gasteiger partial charge on any atom is -0.466 e. The van der Waals surface area contributed by atoms with Crippen molar-refractivity contribution in [2.75, 3.05) is 32.4 Å². The number of nitrogens with one attached hydrogen (secondary N) is 1. The van der Waals surface area contributed by atoms with E-state index >= 15 is 0 Å². The van der Waals surface area contributed by atoms with Crippen LogP contribution in [0.2, 0.25) is 0 Å². The fraction of sp³-hybridized carbons (Fsp3) is 0.286. The van der Waals surface area contributed by atoms with Crippen molar-refractivity contribution in [2.24, 2.45) is 0 Å². The zero-order chi connectivity index (χ0) is 15.1. The molecular weight excluding hydrogens is 278 g/mol. The molecule has 0 saturated carbocycles. The van der Waals surface area contributed by atoms with Crippen LogP contribution in [0.25, 0.3) is 0 Å². The van der Waals surface area contributed by atoms with Crippen molar-refractivity contribution in [3.63, 3.8) is 0 Å². The van der Waals surface area contributed by atoms with Gasteiger partial charge < -0.3 is 24.3 Å². The molecule has 0 unspecified atom stereocenters. The molecule has 1 heterocycles. The third kappa shape index (κ3) is 4.41. The van der Waals surface area contributed by atoms with Gasteiger partial charge in [0, 0.05) is 30.5 Å². The van der Waals surface area contributed by atoms with Crippen molar-refractivity contribution >= 4 is 17.6 Å². The summed E-state index contributed by atoms with van der Waals surface area (Å²) < 4.78 is 19.7. The normalized spacial score (nSPS) is 12.2. The summed E-state index contributed by atoms with van der Waals surface area (Å²) in [6, 6.07) is 5.45. The van der Waals surface area contributed by atoms with E-state index in [2.05, 4.69) is 10.1 Å². The summed E-state index contributed by atoms with van der Waals surface area (Å²) in [5.74, 6) is 0.177. The summed E-state index contributed by atoms with van der Waals surface area (Å²) >= 11 is 0. The summed E-state index contributed by atoms with van der Waals surface area (Å²) in [7, 11) is 1.23. The number of hydrogen-bond donors (Lipinski definition) is 1. The molecule has 7 heteroatoms. The Kier molecular flexibility index (Phi) is 5.03. The Labute approximate surface area is 121 Å². The molecule has 1 N–H and O–H groups in total. The number of ether oxygens (including phenoxy) is 4. The van der Waals surface area contributed by atoms with E-state index in [0.29, 0.717) is 18.0 Å². The molecule has 7 nitrogen and oxygen atoms in total. The summed E-state index contributed by atoms with van der Waals surface area (Å²) in [5.41, 5.74) is 0.834. The Morgan fingerprint density at radius 2 is 2.00 bits per heavy atom. The van der Waals surface area contributed by atoms with E-state index in [1.165, 1.54) is 7.11 Å². The molecule has 0 atom stereocenters. The largest absolute Gasteiger partial charge is 0.466 e. The Bertz CT molecular complexity index is 554. The third-order valence-electron chi connectivity index (χ3n) is 2.60. The second-order valence-corrected chi connectivity index (χ2v) is 4.02. The van der Waals surface area contributed by atoms with Crippen LogP contribution in [0.5, 0.6) is 11.5 Å². The van der Waals surface area contributed by atoms with Crippen molar-refractivity contribution in [1.82, 2.24) is 0 Å². The molecule has 0 aromatic heterocycles. The lowest BCUT2D eigenvalue weighted by atomic mass is 10.3. The number of benzene rings is 1. The van der Waals surface area contributed by atoms with Crippen LogP contribution in [0.4, 0.5) is 5.69 Å². The summed E-state index contributed by atoms with van der Waals surface area (Å²) in [4.78, 5) is 22.0.